The van der Waals surface area contributed by atoms with E-state index >= 15 is 0 Å². The topological polar surface area (TPSA) is 63.6 Å². The molecule has 0 saturated carbocycles. The predicted molar refractivity (Wildman–Crippen MR) is 118 cm³/mol. The number of unbranched alkanes of at least 4 members (excludes halogenated alkanes) is 3. The maximum absolute atomic E-state index is 11.0. The Morgan fingerprint density at radius 1 is 0.821 bits per heavy atom. The van der Waals surface area contributed by atoms with Crippen LogP contribution in [0.5, 0.6) is 0 Å². The maximum Gasteiger partial charge on any atom is 0.330 e. The third-order valence-electron chi connectivity index (χ3n) is 3.54. The lowest BCUT2D eigenvalue weighted by atomic mass is 10.1. The molecule has 0 aliphatic rings. The summed E-state index contributed by atoms with van der Waals surface area (Å²) in [7, 11) is 0. The molecule has 0 aromatic carbocycles. The van der Waals surface area contributed by atoms with E-state index in [-0.39, 0.29) is 5.97 Å². The smallest absolute Gasteiger partial charge is 0.330 e. The van der Waals surface area contributed by atoms with Gasteiger partial charge in [-0.3, -0.25) is 0 Å². The van der Waals surface area contributed by atoms with Crippen LogP contribution in [-0.4, -0.2) is 23.7 Å². The zero-order chi connectivity index (χ0) is 21.5. The largest absolute Gasteiger partial charge is 0.478 e. The molecule has 0 saturated heterocycles. The van der Waals surface area contributed by atoms with Gasteiger partial charge in [0.15, 0.2) is 0 Å². The van der Waals surface area contributed by atoms with E-state index in [0.717, 1.165) is 50.5 Å². The Labute approximate surface area is 172 Å². The minimum absolute atomic E-state index is 0.233. The molecule has 0 rings (SSSR count). The summed E-state index contributed by atoms with van der Waals surface area (Å²) in [5.41, 5.74) is 0.913. The van der Waals surface area contributed by atoms with Gasteiger partial charge in [-0.15, -0.1) is 0 Å². The van der Waals surface area contributed by atoms with Crippen LogP contribution in [0.2, 0.25) is 0 Å². The van der Waals surface area contributed by atoms with Gasteiger partial charge in [-0.05, 0) is 37.7 Å². The first-order valence-electron chi connectivity index (χ1n) is 10.6. The Kier molecular flexibility index (Phi) is 23.0. The highest BCUT2D eigenvalue weighted by Crippen LogP contribution is 2.08. The second kappa shape index (κ2) is 22.9. The minimum atomic E-state index is -0.853. The summed E-state index contributed by atoms with van der Waals surface area (Å²) in [6.07, 6.45) is 21.8. The van der Waals surface area contributed by atoms with Gasteiger partial charge in [0.25, 0.3) is 0 Å². The second-order valence-corrected chi connectivity index (χ2v) is 6.38. The molecule has 0 aliphatic carbocycles. The molecule has 0 atom stereocenters. The molecule has 0 aliphatic heterocycles. The Morgan fingerprint density at radius 2 is 1.54 bits per heavy atom. The normalized spacial score (nSPS) is 11.8. The number of allylic oxidation sites excluding steroid dienone is 5. The monoisotopic (exact) mass is 392 g/mol. The first-order chi connectivity index (χ1) is 13.5. The fraction of sp³-hybridized carbons (Fsp3) is 0.583. The summed E-state index contributed by atoms with van der Waals surface area (Å²) in [5.74, 6) is -1.09. The van der Waals surface area contributed by atoms with E-state index in [9.17, 15) is 9.59 Å². The second-order valence-electron chi connectivity index (χ2n) is 6.38. The highest BCUT2D eigenvalue weighted by Gasteiger charge is 1.95. The number of aliphatic carboxylic acids is 1. The lowest BCUT2D eigenvalue weighted by Crippen LogP contribution is -2.01. The molecule has 1 N–H and O–H groups in total. The molecule has 4 heteroatoms. The fourth-order valence-electron chi connectivity index (χ4n) is 2.11. The molecule has 28 heavy (non-hydrogen) atoms. The van der Waals surface area contributed by atoms with Crippen LogP contribution >= 0.6 is 0 Å². The average molecular weight is 393 g/mol. The van der Waals surface area contributed by atoms with Crippen molar-refractivity contribution in [3.8, 4) is 0 Å². The highest BCUT2D eigenvalue weighted by molar-refractivity contribution is 5.82. The molecule has 0 heterocycles. The van der Waals surface area contributed by atoms with Gasteiger partial charge < -0.3 is 9.84 Å². The lowest BCUT2D eigenvalue weighted by molar-refractivity contribution is -0.137. The SMILES string of the molecule is CCC=CCCOC(=O)C=CCCC.CCCCC=CC(=CC(=O)O)CCC. The molecular formula is C24H40O4. The molecule has 160 valence electrons. The lowest BCUT2D eigenvalue weighted by Gasteiger charge is -1.97. The zero-order valence-corrected chi connectivity index (χ0v) is 18.3. The van der Waals surface area contributed by atoms with Crippen LogP contribution < -0.4 is 0 Å². The van der Waals surface area contributed by atoms with Crippen LogP contribution in [0.25, 0.3) is 0 Å². The van der Waals surface area contributed by atoms with Gasteiger partial charge in [0, 0.05) is 12.2 Å². The summed E-state index contributed by atoms with van der Waals surface area (Å²) >= 11 is 0. The molecule has 0 radical (unpaired) electrons. The first-order valence-corrected chi connectivity index (χ1v) is 10.6. The fourth-order valence-corrected chi connectivity index (χ4v) is 2.11. The number of carboxylic acids is 1. The van der Waals surface area contributed by atoms with Crippen LogP contribution in [0.1, 0.15) is 85.5 Å². The highest BCUT2D eigenvalue weighted by atomic mass is 16.5. The maximum atomic E-state index is 11.0. The van der Waals surface area contributed by atoms with Gasteiger partial charge in [-0.25, -0.2) is 9.59 Å². The van der Waals surface area contributed by atoms with E-state index < -0.39 is 5.97 Å². The van der Waals surface area contributed by atoms with E-state index in [4.69, 9.17) is 9.84 Å². The van der Waals surface area contributed by atoms with Crippen molar-refractivity contribution in [3.63, 3.8) is 0 Å². The van der Waals surface area contributed by atoms with Crippen molar-refractivity contribution in [1.29, 1.82) is 0 Å². The van der Waals surface area contributed by atoms with Gasteiger partial charge in [0.2, 0.25) is 0 Å². The molecule has 4 nitrogen and oxygen atoms in total. The van der Waals surface area contributed by atoms with Gasteiger partial charge in [0.05, 0.1) is 6.61 Å². The van der Waals surface area contributed by atoms with Crippen molar-refractivity contribution in [2.75, 3.05) is 6.61 Å². The van der Waals surface area contributed by atoms with E-state index in [2.05, 4.69) is 39.8 Å². The first kappa shape index (κ1) is 28.1. The minimum Gasteiger partial charge on any atom is -0.478 e. The van der Waals surface area contributed by atoms with Crippen molar-refractivity contribution in [2.24, 2.45) is 0 Å². The van der Waals surface area contributed by atoms with Crippen LogP contribution in [0.15, 0.2) is 48.1 Å². The van der Waals surface area contributed by atoms with Crippen molar-refractivity contribution < 1.29 is 19.4 Å². The number of rotatable bonds is 14. The van der Waals surface area contributed by atoms with E-state index in [1.807, 2.05) is 18.2 Å². The zero-order valence-electron chi connectivity index (χ0n) is 18.3. The molecule has 0 unspecified atom stereocenters. The van der Waals surface area contributed by atoms with Crippen molar-refractivity contribution in [1.82, 2.24) is 0 Å². The summed E-state index contributed by atoms with van der Waals surface area (Å²) in [4.78, 5) is 21.5. The number of carboxylic acid groups (broad SMARTS) is 1. The third kappa shape index (κ3) is 23.9. The summed E-state index contributed by atoms with van der Waals surface area (Å²) in [5, 5.41) is 8.60. The van der Waals surface area contributed by atoms with Crippen LogP contribution in [-0.2, 0) is 14.3 Å². The number of ether oxygens (including phenoxy) is 1. The Morgan fingerprint density at radius 3 is 2.11 bits per heavy atom. The number of carbonyl (C=O) groups excluding carboxylic acids is 1. The number of carbonyl (C=O) groups is 2. The predicted octanol–water partition coefficient (Wildman–Crippen LogP) is 6.79. The van der Waals surface area contributed by atoms with Crippen molar-refractivity contribution in [3.05, 3.63) is 48.1 Å². The standard InChI is InChI=1S/2C12H20O2/c1-3-5-6-7-9-11(8-4-2)10-12(13)14;1-3-5-7-9-11-14-12(13)10-8-6-4-2/h7,9-10H,3-6,8H2,1-2H3,(H,13,14);5,7-8,10H,3-4,6,9,11H2,1-2H3. The van der Waals surface area contributed by atoms with E-state index in [1.54, 1.807) is 0 Å². The summed E-state index contributed by atoms with van der Waals surface area (Å²) in [6, 6.07) is 0. The molecule has 0 spiro atoms. The van der Waals surface area contributed by atoms with Crippen LogP contribution in [0.4, 0.5) is 0 Å². The quantitative estimate of drug-likeness (QED) is 0.116. The summed E-state index contributed by atoms with van der Waals surface area (Å²) in [6.45, 7) is 8.83. The Bertz CT molecular complexity index is 499. The van der Waals surface area contributed by atoms with Crippen molar-refractivity contribution in [2.45, 2.75) is 85.5 Å². The molecule has 0 bridgehead atoms. The number of hydrogen-bond donors (Lipinski definition) is 1. The van der Waals surface area contributed by atoms with Gasteiger partial charge in [-0.2, -0.15) is 0 Å². The van der Waals surface area contributed by atoms with Gasteiger partial charge in [-0.1, -0.05) is 83.8 Å². The molecule has 0 amide bonds. The average Bonchev–Trinajstić information content (AvgIpc) is 2.65. The molecule has 0 aromatic heterocycles. The van der Waals surface area contributed by atoms with Crippen molar-refractivity contribution >= 4 is 11.9 Å². The Balaban J connectivity index is 0. The Hall–Kier alpha value is -2.10. The molecular weight excluding hydrogens is 352 g/mol. The molecule has 0 fully saturated rings. The van der Waals surface area contributed by atoms with Crippen LogP contribution in [0, 0.1) is 0 Å². The van der Waals surface area contributed by atoms with E-state index in [1.165, 1.54) is 25.0 Å². The number of hydrogen-bond acceptors (Lipinski definition) is 3. The van der Waals surface area contributed by atoms with Crippen LogP contribution in [0.3, 0.4) is 0 Å². The molecule has 0 aromatic rings. The van der Waals surface area contributed by atoms with Gasteiger partial charge in [0.1, 0.15) is 0 Å². The number of esters is 1. The van der Waals surface area contributed by atoms with E-state index in [0.29, 0.717) is 6.61 Å². The summed E-state index contributed by atoms with van der Waals surface area (Å²) < 4.78 is 4.96. The van der Waals surface area contributed by atoms with Gasteiger partial charge >= 0.3 is 11.9 Å². The third-order valence-corrected chi connectivity index (χ3v) is 3.54.